The predicted octanol–water partition coefficient (Wildman–Crippen LogP) is 4.48. The Morgan fingerprint density at radius 1 is 1.26 bits per heavy atom. The van der Waals surface area contributed by atoms with Gasteiger partial charge in [-0.3, -0.25) is 0 Å². The first kappa shape index (κ1) is 13.4. The van der Waals surface area contributed by atoms with Gasteiger partial charge in [0.25, 0.3) is 0 Å². The number of aromatic nitrogens is 2. The molecule has 0 aliphatic rings. The Balaban J connectivity index is 2.72. The molecule has 0 unspecified atom stereocenters. The van der Waals surface area contributed by atoms with E-state index < -0.39 is 11.7 Å². The van der Waals surface area contributed by atoms with Crippen molar-refractivity contribution < 1.29 is 13.2 Å². The molecule has 2 heterocycles. The zero-order valence-corrected chi connectivity index (χ0v) is 10.5. The molecule has 0 saturated carbocycles. The van der Waals surface area contributed by atoms with Crippen LogP contribution in [-0.4, -0.2) is 9.97 Å². The lowest BCUT2D eigenvalue weighted by Gasteiger charge is -2.11. The molecule has 2 rings (SSSR count). The molecular formula is C14H13F3N2. The zero-order valence-electron chi connectivity index (χ0n) is 10.5. The Morgan fingerprint density at radius 3 is 2.63 bits per heavy atom. The molecule has 0 aromatic carbocycles. The van der Waals surface area contributed by atoms with E-state index in [4.69, 9.17) is 0 Å². The van der Waals surface area contributed by atoms with E-state index in [0.29, 0.717) is 5.56 Å². The van der Waals surface area contributed by atoms with E-state index in [1.165, 1.54) is 19.3 Å². The molecule has 2 aromatic rings. The summed E-state index contributed by atoms with van der Waals surface area (Å²) in [6.07, 6.45) is 5.28. The van der Waals surface area contributed by atoms with Crippen molar-refractivity contribution in [2.24, 2.45) is 0 Å². The van der Waals surface area contributed by atoms with Crippen LogP contribution in [0.5, 0.6) is 0 Å². The molecule has 0 bridgehead atoms. The number of rotatable bonds is 2. The average molecular weight is 266 g/mol. The number of alkyl halides is 3. The second-order valence-corrected chi connectivity index (χ2v) is 4.17. The largest absolute Gasteiger partial charge is 0.417 e. The predicted molar refractivity (Wildman–Crippen MR) is 69.7 cm³/mol. The summed E-state index contributed by atoms with van der Waals surface area (Å²) in [5.41, 5.74) is 0.230. The molecule has 2 aromatic heterocycles. The molecule has 0 amide bonds. The highest BCUT2D eigenvalue weighted by atomic mass is 19.4. The summed E-state index contributed by atoms with van der Waals surface area (Å²) >= 11 is 0. The van der Waals surface area contributed by atoms with Crippen molar-refractivity contribution >= 4 is 17.1 Å². The molecule has 0 radical (unpaired) electrons. The monoisotopic (exact) mass is 266 g/mol. The summed E-state index contributed by atoms with van der Waals surface area (Å²) in [7, 11) is 0. The summed E-state index contributed by atoms with van der Waals surface area (Å²) in [4.78, 5) is 6.76. The van der Waals surface area contributed by atoms with Gasteiger partial charge in [-0.25, -0.2) is 4.98 Å². The van der Waals surface area contributed by atoms with Crippen LogP contribution in [-0.2, 0) is 6.18 Å². The number of halogens is 3. The second kappa shape index (κ2) is 4.91. The maximum Gasteiger partial charge on any atom is 0.417 e. The zero-order chi connectivity index (χ0) is 14.0. The Labute approximate surface area is 108 Å². The smallest absolute Gasteiger partial charge is 0.346 e. The minimum absolute atomic E-state index is 0.119. The minimum atomic E-state index is -4.39. The summed E-state index contributed by atoms with van der Waals surface area (Å²) in [5, 5.41) is 0.119. The molecule has 0 aliphatic heterocycles. The first-order chi connectivity index (χ1) is 8.95. The molecule has 5 heteroatoms. The van der Waals surface area contributed by atoms with Crippen molar-refractivity contribution in [2.75, 3.05) is 0 Å². The number of fused-ring (bicyclic) bond motifs is 1. The number of hydrogen-bond acceptors (Lipinski definition) is 1. The molecule has 0 atom stereocenters. The van der Waals surface area contributed by atoms with Gasteiger partial charge in [0.2, 0.25) is 0 Å². The minimum Gasteiger partial charge on any atom is -0.346 e. The molecule has 0 saturated heterocycles. The van der Waals surface area contributed by atoms with Crippen LogP contribution in [0.4, 0.5) is 13.2 Å². The van der Waals surface area contributed by atoms with Gasteiger partial charge in [-0.2, -0.15) is 13.2 Å². The third kappa shape index (κ3) is 2.54. The summed E-state index contributed by atoms with van der Waals surface area (Å²) < 4.78 is 39.4. The van der Waals surface area contributed by atoms with Crippen LogP contribution in [0.3, 0.4) is 0 Å². The molecule has 0 spiro atoms. The number of pyridine rings is 1. The fourth-order valence-corrected chi connectivity index (χ4v) is 1.98. The highest BCUT2D eigenvalue weighted by molar-refractivity contribution is 5.90. The first-order valence-electron chi connectivity index (χ1n) is 5.78. The molecule has 2 nitrogen and oxygen atoms in total. The van der Waals surface area contributed by atoms with Gasteiger partial charge >= 0.3 is 6.18 Å². The quantitative estimate of drug-likeness (QED) is 0.798. The Kier molecular flexibility index (Phi) is 3.46. The van der Waals surface area contributed by atoms with Crippen LogP contribution in [0.2, 0.25) is 0 Å². The second-order valence-electron chi connectivity index (χ2n) is 4.17. The van der Waals surface area contributed by atoms with Gasteiger partial charge < -0.3 is 4.98 Å². The lowest BCUT2D eigenvalue weighted by Crippen LogP contribution is -2.09. The van der Waals surface area contributed by atoms with Crippen molar-refractivity contribution in [1.82, 2.24) is 9.97 Å². The van der Waals surface area contributed by atoms with E-state index in [9.17, 15) is 13.2 Å². The fourth-order valence-electron chi connectivity index (χ4n) is 1.98. The van der Waals surface area contributed by atoms with E-state index in [1.807, 2.05) is 6.92 Å². The number of aryl methyl sites for hydroxylation is 1. The van der Waals surface area contributed by atoms with E-state index in [1.54, 1.807) is 24.3 Å². The Morgan fingerprint density at radius 2 is 2.00 bits per heavy atom. The third-order valence-electron chi connectivity index (χ3n) is 2.78. The highest BCUT2D eigenvalue weighted by Crippen LogP contribution is 2.38. The molecule has 100 valence electrons. The lowest BCUT2D eigenvalue weighted by atomic mass is 10.0. The number of hydrogen-bond donors (Lipinski definition) is 1. The van der Waals surface area contributed by atoms with Crippen molar-refractivity contribution in [2.45, 2.75) is 20.0 Å². The number of nitrogens with zero attached hydrogens (tertiary/aromatic N) is 1. The van der Waals surface area contributed by atoms with Crippen LogP contribution in [0, 0.1) is 6.92 Å². The third-order valence-corrected chi connectivity index (χ3v) is 2.78. The number of nitrogens with one attached hydrogen (secondary N) is 1. The van der Waals surface area contributed by atoms with Crippen molar-refractivity contribution in [1.29, 1.82) is 0 Å². The molecule has 19 heavy (non-hydrogen) atoms. The van der Waals surface area contributed by atoms with Gasteiger partial charge in [-0.15, -0.1) is 0 Å². The van der Waals surface area contributed by atoms with E-state index in [2.05, 4.69) is 9.97 Å². The molecule has 0 aliphatic carbocycles. The van der Waals surface area contributed by atoms with E-state index >= 15 is 0 Å². The SMILES string of the molecule is C/C=C\C=C/c1c[nH]c2ncc(C)c(C(F)(F)F)c12. The standard InChI is InChI=1S/C14H13F3N2/c1-3-4-5-6-10-8-19-13-11(10)12(14(15,16)17)9(2)7-18-13/h3-8H,1-2H3,(H,18,19)/b4-3-,6-5-. The van der Waals surface area contributed by atoms with Crippen LogP contribution in [0.25, 0.3) is 17.1 Å². The van der Waals surface area contributed by atoms with Gasteiger partial charge in [0.15, 0.2) is 0 Å². The molecule has 0 fully saturated rings. The molecular weight excluding hydrogens is 253 g/mol. The topological polar surface area (TPSA) is 28.7 Å². The maximum atomic E-state index is 13.1. The van der Waals surface area contributed by atoms with Crippen molar-refractivity contribution in [3.8, 4) is 0 Å². The van der Waals surface area contributed by atoms with Gasteiger partial charge in [0.1, 0.15) is 5.65 Å². The normalized spacial score (nSPS) is 13.1. The highest BCUT2D eigenvalue weighted by Gasteiger charge is 2.35. The van der Waals surface area contributed by atoms with Gasteiger partial charge in [-0.1, -0.05) is 24.3 Å². The van der Waals surface area contributed by atoms with Crippen LogP contribution < -0.4 is 0 Å². The van der Waals surface area contributed by atoms with Gasteiger partial charge in [-0.05, 0) is 19.4 Å². The summed E-state index contributed by atoms with van der Waals surface area (Å²) in [6, 6.07) is 0. The van der Waals surface area contributed by atoms with E-state index in [0.717, 1.165) is 0 Å². The van der Waals surface area contributed by atoms with Crippen LogP contribution in [0.15, 0.2) is 30.6 Å². The molecule has 1 N–H and O–H groups in total. The van der Waals surface area contributed by atoms with Gasteiger partial charge in [0, 0.05) is 23.3 Å². The summed E-state index contributed by atoms with van der Waals surface area (Å²) in [5.74, 6) is 0. The average Bonchev–Trinajstić information content (AvgIpc) is 2.71. The summed E-state index contributed by atoms with van der Waals surface area (Å²) in [6.45, 7) is 3.26. The van der Waals surface area contributed by atoms with Crippen molar-refractivity contribution in [3.05, 3.63) is 47.3 Å². The first-order valence-corrected chi connectivity index (χ1v) is 5.78. The van der Waals surface area contributed by atoms with Crippen LogP contribution in [0.1, 0.15) is 23.6 Å². The number of H-pyrrole nitrogens is 1. The number of allylic oxidation sites excluding steroid dienone is 3. The van der Waals surface area contributed by atoms with Gasteiger partial charge in [0.05, 0.1) is 5.56 Å². The fraction of sp³-hybridized carbons (Fsp3) is 0.214. The number of aromatic amines is 1. The van der Waals surface area contributed by atoms with E-state index in [-0.39, 0.29) is 16.6 Å². The Hall–Kier alpha value is -2.04. The lowest BCUT2D eigenvalue weighted by molar-refractivity contribution is -0.136. The Bertz CT molecular complexity index is 648. The van der Waals surface area contributed by atoms with Crippen LogP contribution >= 0.6 is 0 Å². The van der Waals surface area contributed by atoms with Crippen molar-refractivity contribution in [3.63, 3.8) is 0 Å². The maximum absolute atomic E-state index is 13.1.